The second kappa shape index (κ2) is 8.99. The summed E-state index contributed by atoms with van der Waals surface area (Å²) >= 11 is 0. The molecule has 0 aliphatic carbocycles. The SMILES string of the molecule is COC(=O)c1ccc(CN2C(=O)N/C(=C\c3ccc(OCC(N)=O)c([N+](=O)[O-])c3)C2=O)o1. The Morgan fingerprint density at radius 2 is 2.03 bits per heavy atom. The number of nitrogens with two attached hydrogens (primary N) is 1. The molecule has 1 aliphatic heterocycles. The summed E-state index contributed by atoms with van der Waals surface area (Å²) in [4.78, 5) is 58.5. The zero-order valence-electron chi connectivity index (χ0n) is 16.5. The average molecular weight is 444 g/mol. The fourth-order valence-corrected chi connectivity index (χ4v) is 2.75. The molecule has 0 bridgehead atoms. The van der Waals surface area contributed by atoms with Gasteiger partial charge in [0.15, 0.2) is 12.4 Å². The van der Waals surface area contributed by atoms with Gasteiger partial charge in [-0.2, -0.15) is 0 Å². The summed E-state index contributed by atoms with van der Waals surface area (Å²) in [7, 11) is 1.18. The maximum atomic E-state index is 12.6. The number of benzene rings is 1. The van der Waals surface area contributed by atoms with Gasteiger partial charge in [-0.15, -0.1) is 0 Å². The number of rotatable bonds is 8. The third-order valence-corrected chi connectivity index (χ3v) is 4.19. The van der Waals surface area contributed by atoms with Gasteiger partial charge in [-0.25, -0.2) is 9.59 Å². The summed E-state index contributed by atoms with van der Waals surface area (Å²) in [6.45, 7) is -0.797. The van der Waals surface area contributed by atoms with Crippen molar-refractivity contribution >= 4 is 35.6 Å². The Morgan fingerprint density at radius 3 is 2.69 bits per heavy atom. The lowest BCUT2D eigenvalue weighted by atomic mass is 10.1. The number of nitrogens with zero attached hydrogens (tertiary/aromatic N) is 2. The number of methoxy groups -OCH3 is 1. The topological polar surface area (TPSA) is 184 Å². The number of urea groups is 1. The Hall–Kier alpha value is -4.68. The number of amides is 4. The van der Waals surface area contributed by atoms with Gasteiger partial charge in [0.2, 0.25) is 5.76 Å². The molecule has 0 atom stereocenters. The highest BCUT2D eigenvalue weighted by molar-refractivity contribution is 6.13. The van der Waals surface area contributed by atoms with E-state index in [1.165, 1.54) is 37.5 Å². The van der Waals surface area contributed by atoms with Gasteiger partial charge in [-0.05, 0) is 29.8 Å². The predicted molar refractivity (Wildman–Crippen MR) is 105 cm³/mol. The van der Waals surface area contributed by atoms with Crippen molar-refractivity contribution in [1.29, 1.82) is 0 Å². The molecule has 1 aromatic carbocycles. The van der Waals surface area contributed by atoms with Crippen molar-refractivity contribution in [3.63, 3.8) is 0 Å². The van der Waals surface area contributed by atoms with Gasteiger partial charge in [0.25, 0.3) is 11.8 Å². The minimum Gasteiger partial charge on any atom is -0.477 e. The average Bonchev–Trinajstić information content (AvgIpc) is 3.32. The number of imide groups is 1. The van der Waals surface area contributed by atoms with E-state index in [0.717, 1.165) is 11.0 Å². The lowest BCUT2D eigenvalue weighted by molar-refractivity contribution is -0.385. The molecule has 13 heteroatoms. The molecule has 0 spiro atoms. The number of esters is 1. The zero-order chi connectivity index (χ0) is 23.4. The van der Waals surface area contributed by atoms with Crippen molar-refractivity contribution in [3.05, 3.63) is 63.2 Å². The van der Waals surface area contributed by atoms with Crippen LogP contribution in [0.25, 0.3) is 6.08 Å². The first-order valence-corrected chi connectivity index (χ1v) is 8.90. The van der Waals surface area contributed by atoms with Crippen LogP contribution in [-0.2, 0) is 20.9 Å². The van der Waals surface area contributed by atoms with Crippen molar-refractivity contribution in [2.45, 2.75) is 6.54 Å². The highest BCUT2D eigenvalue weighted by Gasteiger charge is 2.34. The first-order chi connectivity index (χ1) is 15.2. The van der Waals surface area contributed by atoms with E-state index in [0.29, 0.717) is 0 Å². The number of nitro benzene ring substituents is 1. The molecule has 0 radical (unpaired) electrons. The summed E-state index contributed by atoms with van der Waals surface area (Å²) < 4.78 is 14.8. The molecule has 1 fully saturated rings. The van der Waals surface area contributed by atoms with E-state index in [9.17, 15) is 29.3 Å². The van der Waals surface area contributed by atoms with Gasteiger partial charge < -0.3 is 24.9 Å². The smallest absolute Gasteiger partial charge is 0.373 e. The third-order valence-electron chi connectivity index (χ3n) is 4.19. The Morgan fingerprint density at radius 1 is 1.28 bits per heavy atom. The maximum absolute atomic E-state index is 12.6. The monoisotopic (exact) mass is 444 g/mol. The van der Waals surface area contributed by atoms with Crippen LogP contribution >= 0.6 is 0 Å². The van der Waals surface area contributed by atoms with Gasteiger partial charge in [0, 0.05) is 6.07 Å². The largest absolute Gasteiger partial charge is 0.477 e. The van der Waals surface area contributed by atoms with Crippen LogP contribution < -0.4 is 15.8 Å². The number of nitrogens with one attached hydrogen (secondary N) is 1. The van der Waals surface area contributed by atoms with E-state index in [-0.39, 0.29) is 35.1 Å². The molecule has 1 aromatic heterocycles. The molecule has 2 heterocycles. The number of carbonyl (C=O) groups excluding carboxylic acids is 4. The molecule has 4 amide bonds. The summed E-state index contributed by atoms with van der Waals surface area (Å²) in [5.74, 6) is -2.32. The van der Waals surface area contributed by atoms with E-state index in [2.05, 4.69) is 10.1 Å². The lowest BCUT2D eigenvalue weighted by Gasteiger charge is -2.09. The molecule has 0 saturated carbocycles. The van der Waals surface area contributed by atoms with Crippen molar-refractivity contribution in [1.82, 2.24) is 10.2 Å². The number of furan rings is 1. The van der Waals surface area contributed by atoms with Crippen LogP contribution in [0.15, 0.2) is 40.4 Å². The number of hydrogen-bond acceptors (Lipinski definition) is 9. The quantitative estimate of drug-likeness (QED) is 0.196. The molecule has 3 N–H and O–H groups in total. The minimum atomic E-state index is -0.805. The lowest BCUT2D eigenvalue weighted by Crippen LogP contribution is -2.30. The van der Waals surface area contributed by atoms with Crippen LogP contribution in [-0.4, -0.2) is 47.4 Å². The standard InChI is InChI=1S/C19H16N4O9/c1-30-18(26)15-5-3-11(32-15)8-22-17(25)12(21-19(22)27)6-10-2-4-14(31-9-16(20)24)13(7-10)23(28)29/h2-7H,8-9H2,1H3,(H2,20,24)(H,21,27)/b12-6-. The van der Waals surface area contributed by atoms with E-state index < -0.39 is 41.0 Å². The molecular formula is C19H16N4O9. The number of hydrogen-bond donors (Lipinski definition) is 2. The molecule has 1 saturated heterocycles. The molecular weight excluding hydrogens is 428 g/mol. The fraction of sp³-hybridized carbons (Fsp3) is 0.158. The third kappa shape index (κ3) is 4.72. The number of primary amides is 1. The number of nitro groups is 1. The molecule has 1 aliphatic rings. The van der Waals surface area contributed by atoms with Gasteiger partial charge in [0.05, 0.1) is 18.6 Å². The van der Waals surface area contributed by atoms with E-state index >= 15 is 0 Å². The summed E-state index contributed by atoms with van der Waals surface area (Å²) in [5, 5.41) is 13.7. The molecule has 2 aromatic rings. The maximum Gasteiger partial charge on any atom is 0.373 e. The molecule has 166 valence electrons. The molecule has 0 unspecified atom stereocenters. The van der Waals surface area contributed by atoms with Crippen molar-refractivity contribution in [3.8, 4) is 5.75 Å². The van der Waals surface area contributed by atoms with Crippen LogP contribution in [0.1, 0.15) is 21.9 Å². The predicted octanol–water partition coefficient (Wildman–Crippen LogP) is 0.931. The second-order valence-corrected chi connectivity index (χ2v) is 6.38. The summed E-state index contributed by atoms with van der Waals surface area (Å²) in [6, 6.07) is 5.77. The highest BCUT2D eigenvalue weighted by atomic mass is 16.6. The summed E-state index contributed by atoms with van der Waals surface area (Å²) in [5.41, 5.74) is 4.60. The second-order valence-electron chi connectivity index (χ2n) is 6.38. The van der Waals surface area contributed by atoms with Crippen molar-refractivity contribution in [2.75, 3.05) is 13.7 Å². The van der Waals surface area contributed by atoms with E-state index in [1.54, 1.807) is 0 Å². The van der Waals surface area contributed by atoms with Gasteiger partial charge in [-0.3, -0.25) is 24.6 Å². The first-order valence-electron chi connectivity index (χ1n) is 8.90. The van der Waals surface area contributed by atoms with Crippen LogP contribution in [0.5, 0.6) is 5.75 Å². The fourth-order valence-electron chi connectivity index (χ4n) is 2.75. The Bertz CT molecular complexity index is 1150. The Balaban J connectivity index is 1.80. The van der Waals surface area contributed by atoms with E-state index in [4.69, 9.17) is 14.9 Å². The minimum absolute atomic E-state index is 0.0868. The summed E-state index contributed by atoms with van der Waals surface area (Å²) in [6.07, 6.45) is 1.24. The number of carbonyl (C=O) groups is 4. The van der Waals surface area contributed by atoms with Crippen molar-refractivity contribution in [2.24, 2.45) is 5.73 Å². The van der Waals surface area contributed by atoms with Gasteiger partial charge in [0.1, 0.15) is 11.5 Å². The molecule has 13 nitrogen and oxygen atoms in total. The number of ether oxygens (including phenoxy) is 2. The Kier molecular flexibility index (Phi) is 6.19. The molecule has 32 heavy (non-hydrogen) atoms. The Labute approximate surface area is 179 Å². The van der Waals surface area contributed by atoms with Crippen LogP contribution in [0.4, 0.5) is 10.5 Å². The molecule has 3 rings (SSSR count). The van der Waals surface area contributed by atoms with Crippen LogP contribution in [0.2, 0.25) is 0 Å². The normalized spacial score (nSPS) is 14.4. The van der Waals surface area contributed by atoms with Gasteiger partial charge >= 0.3 is 17.7 Å². The zero-order valence-corrected chi connectivity index (χ0v) is 16.5. The van der Waals surface area contributed by atoms with E-state index in [1.807, 2.05) is 0 Å². The van der Waals surface area contributed by atoms with Crippen LogP contribution in [0, 0.1) is 10.1 Å². The first kappa shape index (κ1) is 22.0. The highest BCUT2D eigenvalue weighted by Crippen LogP contribution is 2.29. The van der Waals surface area contributed by atoms with Crippen LogP contribution in [0.3, 0.4) is 0 Å². The van der Waals surface area contributed by atoms with Crippen molar-refractivity contribution < 1.29 is 38.0 Å². The van der Waals surface area contributed by atoms with Gasteiger partial charge in [-0.1, -0.05) is 6.07 Å².